The van der Waals surface area contributed by atoms with Crippen molar-refractivity contribution in [2.45, 2.75) is 71.3 Å². The maximum absolute atomic E-state index is 3.71. The highest BCUT2D eigenvalue weighted by molar-refractivity contribution is 9.10. The Labute approximate surface area is 185 Å². The molecule has 0 saturated heterocycles. The van der Waals surface area contributed by atoms with Gasteiger partial charge in [-0.05, 0) is 79.5 Å². The molecule has 1 aromatic carbocycles. The first kappa shape index (κ1) is 19.7. The molecule has 1 unspecified atom stereocenters. The summed E-state index contributed by atoms with van der Waals surface area (Å²) in [6.45, 7) is 5.03. The Morgan fingerprint density at radius 1 is 1.00 bits per heavy atom. The maximum Gasteiger partial charge on any atom is 0.0424 e. The lowest BCUT2D eigenvalue weighted by Gasteiger charge is -2.39. The van der Waals surface area contributed by atoms with Crippen LogP contribution in [0.5, 0.6) is 0 Å². The first-order valence-corrected chi connectivity index (χ1v) is 12.5. The number of benzene rings is 1. The molecule has 154 valence electrons. The molecule has 0 radical (unpaired) electrons. The number of fused-ring (bicyclic) bond motifs is 3. The molecule has 2 saturated carbocycles. The average molecular weight is 452 g/mol. The molecule has 0 aromatic heterocycles. The minimum Gasteiger partial charge on any atom is -0.339 e. The number of halogens is 1. The minimum atomic E-state index is 0.315. The normalized spacial score (nSPS) is 30.9. The van der Waals surface area contributed by atoms with Crippen LogP contribution in [0.4, 0.5) is 5.69 Å². The van der Waals surface area contributed by atoms with Gasteiger partial charge in [-0.2, -0.15) is 0 Å². The molecule has 0 heterocycles. The summed E-state index contributed by atoms with van der Waals surface area (Å²) in [6.07, 6.45) is 20.6. The number of rotatable bonds is 3. The molecule has 0 N–H and O–H groups in total. The van der Waals surface area contributed by atoms with Crippen molar-refractivity contribution in [2.24, 2.45) is 23.2 Å². The average Bonchev–Trinajstić information content (AvgIpc) is 2.97. The van der Waals surface area contributed by atoms with Crippen molar-refractivity contribution in [3.05, 3.63) is 64.3 Å². The van der Waals surface area contributed by atoms with Crippen LogP contribution in [0.25, 0.3) is 0 Å². The van der Waals surface area contributed by atoms with Crippen molar-refractivity contribution < 1.29 is 0 Å². The number of nitrogens with zero attached hydrogens (tertiary/aromatic N) is 1. The molecule has 0 aliphatic heterocycles. The lowest BCUT2D eigenvalue weighted by molar-refractivity contribution is 0.221. The number of anilines is 1. The van der Waals surface area contributed by atoms with E-state index < -0.39 is 0 Å². The van der Waals surface area contributed by atoms with Crippen LogP contribution in [0.3, 0.4) is 0 Å². The number of allylic oxidation sites excluding steroid dienone is 5. The number of hydrogen-bond donors (Lipinski definition) is 0. The van der Waals surface area contributed by atoms with Gasteiger partial charge in [0.25, 0.3) is 0 Å². The third-order valence-corrected chi connectivity index (χ3v) is 8.75. The van der Waals surface area contributed by atoms with Crippen LogP contribution in [0.15, 0.2) is 64.3 Å². The summed E-state index contributed by atoms with van der Waals surface area (Å²) in [6, 6.07) is 9.57. The van der Waals surface area contributed by atoms with Gasteiger partial charge in [0.1, 0.15) is 0 Å². The summed E-state index contributed by atoms with van der Waals surface area (Å²) in [4.78, 5) is 2.68. The summed E-state index contributed by atoms with van der Waals surface area (Å²) >= 11 is 3.71. The largest absolute Gasteiger partial charge is 0.339 e. The quantitative estimate of drug-likeness (QED) is 0.420. The van der Waals surface area contributed by atoms with E-state index in [-0.39, 0.29) is 0 Å². The van der Waals surface area contributed by atoms with Gasteiger partial charge in [-0.25, -0.2) is 0 Å². The first-order valence-electron chi connectivity index (χ1n) is 11.7. The van der Waals surface area contributed by atoms with Crippen LogP contribution < -0.4 is 4.90 Å². The van der Waals surface area contributed by atoms with Gasteiger partial charge in [-0.1, -0.05) is 78.9 Å². The molecule has 3 atom stereocenters. The maximum atomic E-state index is 3.71. The van der Waals surface area contributed by atoms with Crippen molar-refractivity contribution in [3.8, 4) is 0 Å². The van der Waals surface area contributed by atoms with E-state index in [0.29, 0.717) is 11.5 Å². The SMILES string of the molecule is CC1(C)C2=CC(N(c3cccc(Br)c3)C3CCCCC3)=CC[C@@H]2[C@@H]2CC=CCC21. The van der Waals surface area contributed by atoms with Crippen molar-refractivity contribution in [1.29, 1.82) is 0 Å². The van der Waals surface area contributed by atoms with Crippen LogP contribution in [0.2, 0.25) is 0 Å². The predicted molar refractivity (Wildman–Crippen MR) is 127 cm³/mol. The third-order valence-electron chi connectivity index (χ3n) is 8.26. The van der Waals surface area contributed by atoms with E-state index in [4.69, 9.17) is 0 Å². The molecular formula is C27H34BrN. The van der Waals surface area contributed by atoms with Gasteiger partial charge in [0.15, 0.2) is 0 Å². The summed E-state index contributed by atoms with van der Waals surface area (Å²) < 4.78 is 1.18. The zero-order valence-electron chi connectivity index (χ0n) is 17.9. The van der Waals surface area contributed by atoms with Crippen LogP contribution >= 0.6 is 15.9 Å². The van der Waals surface area contributed by atoms with Crippen LogP contribution in [-0.2, 0) is 0 Å². The molecular weight excluding hydrogens is 418 g/mol. The highest BCUT2D eigenvalue weighted by Gasteiger charge is 2.51. The zero-order valence-corrected chi connectivity index (χ0v) is 19.5. The van der Waals surface area contributed by atoms with Gasteiger partial charge in [0.05, 0.1) is 0 Å². The van der Waals surface area contributed by atoms with Crippen molar-refractivity contribution in [2.75, 3.05) is 4.90 Å². The molecule has 2 heteroatoms. The van der Waals surface area contributed by atoms with E-state index in [1.165, 1.54) is 67.2 Å². The van der Waals surface area contributed by atoms with E-state index in [1.807, 2.05) is 0 Å². The van der Waals surface area contributed by atoms with E-state index in [2.05, 4.69) is 83.2 Å². The van der Waals surface area contributed by atoms with E-state index in [1.54, 1.807) is 5.57 Å². The molecule has 5 rings (SSSR count). The fraction of sp³-hybridized carbons (Fsp3) is 0.556. The molecule has 1 nitrogen and oxygen atoms in total. The van der Waals surface area contributed by atoms with Gasteiger partial charge < -0.3 is 4.90 Å². The second kappa shape index (κ2) is 7.76. The highest BCUT2D eigenvalue weighted by atomic mass is 79.9. The summed E-state index contributed by atoms with van der Waals surface area (Å²) in [5, 5.41) is 0. The molecule has 0 amide bonds. The summed E-state index contributed by atoms with van der Waals surface area (Å²) in [5.41, 5.74) is 4.85. The monoisotopic (exact) mass is 451 g/mol. The second-order valence-electron chi connectivity index (χ2n) is 10.1. The Morgan fingerprint density at radius 3 is 2.59 bits per heavy atom. The Hall–Kier alpha value is -1.28. The Morgan fingerprint density at radius 2 is 1.79 bits per heavy atom. The van der Waals surface area contributed by atoms with Gasteiger partial charge in [-0.3, -0.25) is 0 Å². The van der Waals surface area contributed by atoms with Gasteiger partial charge in [0, 0.05) is 21.9 Å². The summed E-state index contributed by atoms with van der Waals surface area (Å²) in [7, 11) is 0. The Kier molecular flexibility index (Phi) is 5.26. The van der Waals surface area contributed by atoms with Crippen molar-refractivity contribution >= 4 is 21.6 Å². The zero-order chi connectivity index (χ0) is 20.0. The van der Waals surface area contributed by atoms with E-state index >= 15 is 0 Å². The lowest BCUT2D eigenvalue weighted by atomic mass is 9.72. The standard InChI is InChI=1S/C27H34BrN/c1-27(2)25-14-7-6-13-23(25)24-16-15-22(18-26(24)27)29(20-10-4-3-5-11-20)21-12-8-9-19(28)17-21/h6-9,12,15,17-18,20,23-25H,3-5,10-11,13-14,16H2,1-2H3/t23-,24+,25?/m0/s1. The van der Waals surface area contributed by atoms with Crippen LogP contribution in [0, 0.1) is 23.2 Å². The Bertz CT molecular complexity index is 855. The molecule has 2 fully saturated rings. The molecule has 4 aliphatic carbocycles. The molecule has 0 bridgehead atoms. The minimum absolute atomic E-state index is 0.315. The molecule has 1 aromatic rings. The van der Waals surface area contributed by atoms with Crippen molar-refractivity contribution in [3.63, 3.8) is 0 Å². The van der Waals surface area contributed by atoms with Gasteiger partial charge in [0.2, 0.25) is 0 Å². The van der Waals surface area contributed by atoms with Crippen molar-refractivity contribution in [1.82, 2.24) is 0 Å². The topological polar surface area (TPSA) is 3.24 Å². The third kappa shape index (κ3) is 3.46. The predicted octanol–water partition coefficient (Wildman–Crippen LogP) is 8.04. The first-order chi connectivity index (χ1) is 14.1. The summed E-state index contributed by atoms with van der Waals surface area (Å²) in [5.74, 6) is 2.40. The number of hydrogen-bond acceptors (Lipinski definition) is 1. The van der Waals surface area contributed by atoms with E-state index in [9.17, 15) is 0 Å². The fourth-order valence-corrected chi connectivity index (χ4v) is 7.18. The smallest absolute Gasteiger partial charge is 0.0424 e. The second-order valence-corrected chi connectivity index (χ2v) is 11.1. The van der Waals surface area contributed by atoms with Gasteiger partial charge >= 0.3 is 0 Å². The molecule has 0 spiro atoms. The highest BCUT2D eigenvalue weighted by Crippen LogP contribution is 2.60. The Balaban J connectivity index is 1.53. The fourth-order valence-electron chi connectivity index (χ4n) is 6.80. The lowest BCUT2D eigenvalue weighted by Crippen LogP contribution is -2.37. The van der Waals surface area contributed by atoms with Crippen LogP contribution in [-0.4, -0.2) is 6.04 Å². The van der Waals surface area contributed by atoms with E-state index in [0.717, 1.165) is 17.8 Å². The van der Waals surface area contributed by atoms with Gasteiger partial charge in [-0.15, -0.1) is 0 Å². The molecule has 29 heavy (non-hydrogen) atoms. The van der Waals surface area contributed by atoms with Crippen LogP contribution in [0.1, 0.15) is 65.2 Å². The molecule has 4 aliphatic rings.